The van der Waals surface area contributed by atoms with Crippen molar-refractivity contribution in [3.05, 3.63) is 54.1 Å². The van der Waals surface area contributed by atoms with Crippen molar-refractivity contribution in [2.24, 2.45) is 5.73 Å². The Labute approximate surface area is 170 Å². The molecule has 5 heterocycles. The van der Waals surface area contributed by atoms with Crippen LogP contribution >= 0.6 is 0 Å². The molecule has 8 nitrogen and oxygen atoms in total. The summed E-state index contributed by atoms with van der Waals surface area (Å²) < 4.78 is 17.6. The summed E-state index contributed by atoms with van der Waals surface area (Å²) in [4.78, 5) is 20.7. The summed E-state index contributed by atoms with van der Waals surface area (Å²) >= 11 is 0. The summed E-state index contributed by atoms with van der Waals surface area (Å²) in [7, 11) is 0. The number of carbonyl (C=O) groups is 1. The van der Waals surface area contributed by atoms with Gasteiger partial charge in [-0.25, -0.2) is 9.37 Å². The van der Waals surface area contributed by atoms with E-state index in [9.17, 15) is 9.18 Å². The first-order valence-corrected chi connectivity index (χ1v) is 9.95. The van der Waals surface area contributed by atoms with E-state index in [1.807, 2.05) is 18.3 Å². The number of halogens is 1. The normalized spacial score (nSPS) is 19.5. The fraction of sp³-hybridized carbons (Fsp3) is 0.286. The second kappa shape index (κ2) is 6.19. The van der Waals surface area contributed by atoms with Crippen LogP contribution in [0.4, 0.5) is 4.39 Å². The van der Waals surface area contributed by atoms with Gasteiger partial charge in [0, 0.05) is 23.7 Å². The van der Waals surface area contributed by atoms with Crippen LogP contribution in [0.5, 0.6) is 0 Å². The summed E-state index contributed by atoms with van der Waals surface area (Å²) in [6, 6.07) is 7.31. The first-order chi connectivity index (χ1) is 14.6. The summed E-state index contributed by atoms with van der Waals surface area (Å²) in [5.41, 5.74) is 9.25. The molecule has 4 aromatic heterocycles. The van der Waals surface area contributed by atoms with Crippen molar-refractivity contribution in [1.29, 1.82) is 0 Å². The summed E-state index contributed by atoms with van der Waals surface area (Å²) in [5, 5.41) is 8.22. The number of pyridine rings is 2. The molecule has 9 heteroatoms. The van der Waals surface area contributed by atoms with Crippen LogP contribution < -0.4 is 5.73 Å². The Bertz CT molecular complexity index is 1310. The second-order valence-electron chi connectivity index (χ2n) is 7.97. The minimum atomic E-state index is -0.464. The fourth-order valence-corrected chi connectivity index (χ4v) is 4.86. The van der Waals surface area contributed by atoms with Crippen molar-refractivity contribution >= 4 is 11.6 Å². The van der Waals surface area contributed by atoms with E-state index in [1.54, 1.807) is 10.5 Å². The molecule has 0 unspecified atom stereocenters. The molecule has 2 atom stereocenters. The Morgan fingerprint density at radius 1 is 1.20 bits per heavy atom. The third-order valence-electron chi connectivity index (χ3n) is 6.12. The highest BCUT2D eigenvalue weighted by atomic mass is 19.1. The third-order valence-corrected chi connectivity index (χ3v) is 6.12. The maximum absolute atomic E-state index is 13.5. The van der Waals surface area contributed by atoms with Crippen molar-refractivity contribution in [1.82, 2.24) is 29.1 Å². The highest BCUT2D eigenvalue weighted by Crippen LogP contribution is 2.52. The van der Waals surface area contributed by atoms with Crippen molar-refractivity contribution in [3.63, 3.8) is 0 Å². The lowest BCUT2D eigenvalue weighted by atomic mass is 10.1. The number of nitrogens with zero attached hydrogens (tertiary/aromatic N) is 6. The van der Waals surface area contributed by atoms with E-state index in [0.717, 1.165) is 42.0 Å². The zero-order valence-electron chi connectivity index (χ0n) is 16.0. The predicted molar refractivity (Wildman–Crippen MR) is 106 cm³/mol. The lowest BCUT2D eigenvalue weighted by Gasteiger charge is -2.17. The van der Waals surface area contributed by atoms with Gasteiger partial charge < -0.3 is 10.3 Å². The van der Waals surface area contributed by atoms with E-state index in [-0.39, 0.29) is 12.2 Å². The minimum Gasteiger partial charge on any atom is -0.369 e. The molecular weight excluding hydrogens is 385 g/mol. The largest absolute Gasteiger partial charge is 0.369 e. The van der Waals surface area contributed by atoms with Crippen molar-refractivity contribution in [2.75, 3.05) is 0 Å². The Morgan fingerprint density at radius 3 is 2.90 bits per heavy atom. The molecule has 2 aliphatic rings. The van der Waals surface area contributed by atoms with Crippen LogP contribution in [-0.2, 0) is 11.2 Å². The molecule has 2 N–H and O–H groups in total. The van der Waals surface area contributed by atoms with E-state index in [0.29, 0.717) is 29.1 Å². The predicted octanol–water partition coefficient (Wildman–Crippen LogP) is 2.64. The average Bonchev–Trinajstić information content (AvgIpc) is 3.49. The monoisotopic (exact) mass is 403 g/mol. The molecule has 0 saturated heterocycles. The number of amides is 1. The number of hydrogen-bond acceptors (Lipinski definition) is 5. The highest BCUT2D eigenvalue weighted by Gasteiger charge is 2.41. The lowest BCUT2D eigenvalue weighted by molar-refractivity contribution is -0.117. The number of fused-ring (bicyclic) bond motifs is 6. The highest BCUT2D eigenvalue weighted by molar-refractivity contribution is 5.79. The SMILES string of the molecule is NC(=O)Cc1nnc2ccc(-c3c(-c4ccc(F)cn4)nc4n3[C@@H]3CC[C@H]4C3)cn12. The summed E-state index contributed by atoms with van der Waals surface area (Å²) in [6.45, 7) is 0. The van der Waals surface area contributed by atoms with Crippen molar-refractivity contribution in [3.8, 4) is 22.6 Å². The van der Waals surface area contributed by atoms with E-state index in [4.69, 9.17) is 10.7 Å². The zero-order chi connectivity index (χ0) is 20.4. The molecule has 1 amide bonds. The number of primary amides is 1. The van der Waals surface area contributed by atoms with Crippen LogP contribution in [0.25, 0.3) is 28.3 Å². The zero-order valence-corrected chi connectivity index (χ0v) is 16.0. The van der Waals surface area contributed by atoms with Gasteiger partial charge in [0.1, 0.15) is 23.2 Å². The minimum absolute atomic E-state index is 0.00616. The van der Waals surface area contributed by atoms with Gasteiger partial charge in [0.25, 0.3) is 0 Å². The summed E-state index contributed by atoms with van der Waals surface area (Å²) in [6.07, 6.45) is 6.51. The number of nitrogens with two attached hydrogens (primary N) is 1. The smallest absolute Gasteiger partial charge is 0.225 e. The number of aromatic nitrogens is 6. The first kappa shape index (κ1) is 17.3. The Hall–Kier alpha value is -3.62. The number of carbonyl (C=O) groups excluding carboxylic acids is 1. The van der Waals surface area contributed by atoms with Gasteiger partial charge in [0.15, 0.2) is 5.65 Å². The van der Waals surface area contributed by atoms with Gasteiger partial charge in [-0.3, -0.25) is 14.2 Å². The maximum Gasteiger partial charge on any atom is 0.225 e. The second-order valence-corrected chi connectivity index (χ2v) is 7.97. The van der Waals surface area contributed by atoms with E-state index in [2.05, 4.69) is 19.7 Å². The molecule has 30 heavy (non-hydrogen) atoms. The van der Waals surface area contributed by atoms with Crippen molar-refractivity contribution < 1.29 is 9.18 Å². The van der Waals surface area contributed by atoms with E-state index < -0.39 is 5.91 Å². The standard InChI is InChI=1S/C21H18FN7O/c22-13-3-5-15(24-9-13)19-20(29-14-4-1-11(7-14)21(29)25-19)12-2-6-17-26-27-18(8-16(23)30)28(17)10-12/h2-3,5-6,9-11,14H,1,4,7-8H2,(H2,23,30)/t11-,14+/m0/s1. The van der Waals surface area contributed by atoms with Gasteiger partial charge in [-0.05, 0) is 43.5 Å². The van der Waals surface area contributed by atoms with Gasteiger partial charge in [-0.15, -0.1) is 10.2 Å². The molecular formula is C21H18FN7O. The molecule has 1 saturated carbocycles. The molecule has 0 aromatic carbocycles. The Balaban J connectivity index is 1.58. The molecule has 150 valence electrons. The Morgan fingerprint density at radius 2 is 2.10 bits per heavy atom. The Kier molecular flexibility index (Phi) is 3.56. The van der Waals surface area contributed by atoms with E-state index in [1.165, 1.54) is 12.3 Å². The number of hydrogen-bond donors (Lipinski definition) is 1. The van der Waals surface area contributed by atoms with Crippen LogP contribution in [0.2, 0.25) is 0 Å². The summed E-state index contributed by atoms with van der Waals surface area (Å²) in [5.74, 6) is 1.17. The van der Waals surface area contributed by atoms with Crippen LogP contribution in [0.15, 0.2) is 36.7 Å². The fourth-order valence-electron chi connectivity index (χ4n) is 4.86. The molecule has 2 bridgehead atoms. The van der Waals surface area contributed by atoms with Gasteiger partial charge in [-0.1, -0.05) is 0 Å². The molecule has 0 spiro atoms. The molecule has 0 radical (unpaired) electrons. The third kappa shape index (κ3) is 2.47. The van der Waals surface area contributed by atoms with Gasteiger partial charge in [0.2, 0.25) is 5.91 Å². The topological polar surface area (TPSA) is 104 Å². The van der Waals surface area contributed by atoms with Crippen LogP contribution in [0, 0.1) is 5.82 Å². The first-order valence-electron chi connectivity index (χ1n) is 9.95. The molecule has 1 aliphatic heterocycles. The van der Waals surface area contributed by atoms with Crippen molar-refractivity contribution in [2.45, 2.75) is 37.6 Å². The van der Waals surface area contributed by atoms with Gasteiger partial charge >= 0.3 is 0 Å². The van der Waals surface area contributed by atoms with Crippen LogP contribution in [-0.4, -0.2) is 35.0 Å². The van der Waals surface area contributed by atoms with Gasteiger partial charge in [-0.2, -0.15) is 0 Å². The molecule has 1 fully saturated rings. The van der Waals surface area contributed by atoms with Crippen LogP contribution in [0.1, 0.15) is 42.9 Å². The van der Waals surface area contributed by atoms with Crippen LogP contribution in [0.3, 0.4) is 0 Å². The number of imidazole rings is 1. The molecule has 4 aromatic rings. The van der Waals surface area contributed by atoms with E-state index >= 15 is 0 Å². The molecule has 6 rings (SSSR count). The lowest BCUT2D eigenvalue weighted by Crippen LogP contribution is -2.15. The quantitative estimate of drug-likeness (QED) is 0.564. The number of rotatable bonds is 4. The van der Waals surface area contributed by atoms with Gasteiger partial charge in [0.05, 0.1) is 24.0 Å². The average molecular weight is 403 g/mol. The maximum atomic E-state index is 13.5. The molecule has 1 aliphatic carbocycles.